The molecule has 4 rings (SSSR count). The highest BCUT2D eigenvalue weighted by Crippen LogP contribution is 2.44. The van der Waals surface area contributed by atoms with Crippen molar-refractivity contribution in [2.24, 2.45) is 5.41 Å². The van der Waals surface area contributed by atoms with E-state index in [1.54, 1.807) is 19.2 Å². The molecule has 0 spiro atoms. The number of esters is 1. The van der Waals surface area contributed by atoms with Gasteiger partial charge in [-0.1, -0.05) is 18.2 Å². The first-order valence-corrected chi connectivity index (χ1v) is 9.32. The lowest BCUT2D eigenvalue weighted by Crippen LogP contribution is -2.37. The van der Waals surface area contributed by atoms with Crippen molar-refractivity contribution in [3.8, 4) is 11.3 Å². The Morgan fingerprint density at radius 2 is 2.00 bits per heavy atom. The van der Waals surface area contributed by atoms with Gasteiger partial charge < -0.3 is 20.8 Å². The molecule has 1 aromatic carbocycles. The van der Waals surface area contributed by atoms with Crippen LogP contribution in [0.3, 0.4) is 0 Å². The number of ether oxygens (including phenoxy) is 1. The Balaban J connectivity index is 1.87. The van der Waals surface area contributed by atoms with Crippen LogP contribution in [0.1, 0.15) is 29.4 Å². The molecule has 3 aromatic rings. The predicted octanol–water partition coefficient (Wildman–Crippen LogP) is 3.71. The molecule has 1 atom stereocenters. The molecule has 2 heterocycles. The van der Waals surface area contributed by atoms with Gasteiger partial charge in [-0.25, -0.2) is 4.98 Å². The fraction of sp³-hybridized carbons (Fsp3) is 0.227. The van der Waals surface area contributed by atoms with Gasteiger partial charge in [0.1, 0.15) is 5.82 Å². The van der Waals surface area contributed by atoms with Crippen LogP contribution in [0.25, 0.3) is 11.3 Å². The Hall–Kier alpha value is -3.61. The number of nitrogens with zero attached hydrogens (tertiary/aromatic N) is 1. The Morgan fingerprint density at radius 3 is 2.69 bits per heavy atom. The van der Waals surface area contributed by atoms with Crippen LogP contribution in [-0.4, -0.2) is 28.8 Å². The maximum Gasteiger partial charge on any atom is 0.312 e. The van der Waals surface area contributed by atoms with Crippen molar-refractivity contribution in [2.45, 2.75) is 19.8 Å². The number of fused-ring (bicyclic) bond motifs is 1. The SMILES string of the molecule is COC(=O)C1(C)CC(=O)c2c([nH]c(-c3ccnc(N)c3)c2Nc2ccccc2)C1. The summed E-state index contributed by atoms with van der Waals surface area (Å²) in [5.41, 5.74) is 9.31. The number of para-hydroxylation sites is 1. The van der Waals surface area contributed by atoms with E-state index < -0.39 is 11.4 Å². The van der Waals surface area contributed by atoms with E-state index in [4.69, 9.17) is 10.5 Å². The molecule has 0 saturated heterocycles. The molecule has 148 valence electrons. The van der Waals surface area contributed by atoms with Crippen molar-refractivity contribution in [3.05, 3.63) is 59.9 Å². The monoisotopic (exact) mass is 390 g/mol. The first-order chi connectivity index (χ1) is 13.9. The van der Waals surface area contributed by atoms with E-state index >= 15 is 0 Å². The summed E-state index contributed by atoms with van der Waals surface area (Å²) in [5, 5.41) is 3.37. The third kappa shape index (κ3) is 3.35. The number of anilines is 3. The van der Waals surface area contributed by atoms with Gasteiger partial charge in [0.05, 0.1) is 29.5 Å². The van der Waals surface area contributed by atoms with Gasteiger partial charge in [-0.3, -0.25) is 9.59 Å². The molecule has 29 heavy (non-hydrogen) atoms. The van der Waals surface area contributed by atoms with Crippen molar-refractivity contribution < 1.29 is 14.3 Å². The number of nitrogens with two attached hydrogens (primary N) is 1. The summed E-state index contributed by atoms with van der Waals surface area (Å²) in [5.74, 6) is -0.119. The summed E-state index contributed by atoms with van der Waals surface area (Å²) < 4.78 is 4.94. The second-order valence-electron chi connectivity index (χ2n) is 7.52. The molecule has 0 bridgehead atoms. The summed E-state index contributed by atoms with van der Waals surface area (Å²) in [6.07, 6.45) is 2.09. The minimum absolute atomic E-state index is 0.0892. The summed E-state index contributed by atoms with van der Waals surface area (Å²) >= 11 is 0. The smallest absolute Gasteiger partial charge is 0.312 e. The molecule has 0 radical (unpaired) electrons. The van der Waals surface area contributed by atoms with Crippen molar-refractivity contribution in [3.63, 3.8) is 0 Å². The Bertz CT molecular complexity index is 1090. The molecule has 0 saturated carbocycles. The van der Waals surface area contributed by atoms with Crippen molar-refractivity contribution in [1.82, 2.24) is 9.97 Å². The van der Waals surface area contributed by atoms with Gasteiger partial charge in [-0.15, -0.1) is 0 Å². The zero-order chi connectivity index (χ0) is 20.6. The minimum Gasteiger partial charge on any atom is -0.469 e. The van der Waals surface area contributed by atoms with E-state index in [0.29, 0.717) is 29.2 Å². The number of nitrogen functional groups attached to an aromatic ring is 1. The van der Waals surface area contributed by atoms with Crippen LogP contribution in [0.5, 0.6) is 0 Å². The van der Waals surface area contributed by atoms with E-state index in [9.17, 15) is 9.59 Å². The number of methoxy groups -OCH3 is 1. The zero-order valence-corrected chi connectivity index (χ0v) is 16.3. The first-order valence-electron chi connectivity index (χ1n) is 9.32. The fourth-order valence-corrected chi connectivity index (χ4v) is 3.89. The molecule has 0 fully saturated rings. The van der Waals surface area contributed by atoms with Crippen LogP contribution in [-0.2, 0) is 16.0 Å². The highest BCUT2D eigenvalue weighted by molar-refractivity contribution is 6.09. The average molecular weight is 390 g/mol. The lowest BCUT2D eigenvalue weighted by molar-refractivity contribution is -0.151. The van der Waals surface area contributed by atoms with Gasteiger partial charge in [0, 0.05) is 36.0 Å². The number of nitrogens with one attached hydrogen (secondary N) is 2. The van der Waals surface area contributed by atoms with E-state index in [0.717, 1.165) is 16.9 Å². The highest BCUT2D eigenvalue weighted by Gasteiger charge is 2.44. The molecule has 7 heteroatoms. The normalized spacial score (nSPS) is 18.2. The Labute approximate surface area is 168 Å². The van der Waals surface area contributed by atoms with Gasteiger partial charge in [-0.05, 0) is 31.2 Å². The number of hydrogen-bond acceptors (Lipinski definition) is 6. The Kier molecular flexibility index (Phi) is 4.58. The van der Waals surface area contributed by atoms with Gasteiger partial charge in [0.25, 0.3) is 0 Å². The quantitative estimate of drug-likeness (QED) is 0.586. The molecule has 2 aromatic heterocycles. The van der Waals surface area contributed by atoms with Gasteiger partial charge in [0.2, 0.25) is 0 Å². The Morgan fingerprint density at radius 1 is 1.24 bits per heavy atom. The van der Waals surface area contributed by atoms with Gasteiger partial charge in [-0.2, -0.15) is 0 Å². The van der Waals surface area contributed by atoms with E-state index in [2.05, 4.69) is 15.3 Å². The number of carbonyl (C=O) groups is 2. The van der Waals surface area contributed by atoms with E-state index in [1.165, 1.54) is 7.11 Å². The molecule has 1 aliphatic rings. The third-order valence-electron chi connectivity index (χ3n) is 5.27. The maximum atomic E-state index is 13.1. The number of carbonyl (C=O) groups excluding carboxylic acids is 2. The summed E-state index contributed by atoms with van der Waals surface area (Å²) in [4.78, 5) is 32.9. The second-order valence-corrected chi connectivity index (χ2v) is 7.52. The first kappa shape index (κ1) is 18.7. The number of Topliss-reactive ketones (excluding diaryl/α,β-unsaturated/α-hetero) is 1. The van der Waals surface area contributed by atoms with E-state index in [1.807, 2.05) is 36.4 Å². The van der Waals surface area contributed by atoms with Crippen molar-refractivity contribution >= 4 is 28.9 Å². The summed E-state index contributed by atoms with van der Waals surface area (Å²) in [6.45, 7) is 1.76. The molecule has 1 unspecified atom stereocenters. The minimum atomic E-state index is -0.901. The molecule has 0 amide bonds. The average Bonchev–Trinajstić information content (AvgIpc) is 3.06. The lowest BCUT2D eigenvalue weighted by atomic mass is 9.74. The van der Waals surface area contributed by atoms with Crippen LogP contribution in [0.2, 0.25) is 0 Å². The van der Waals surface area contributed by atoms with Crippen LogP contribution in [0, 0.1) is 5.41 Å². The molecule has 0 aliphatic heterocycles. The number of ketones is 1. The second kappa shape index (κ2) is 7.09. The zero-order valence-electron chi connectivity index (χ0n) is 16.3. The summed E-state index contributed by atoms with van der Waals surface area (Å²) in [7, 11) is 1.34. The third-order valence-corrected chi connectivity index (χ3v) is 5.27. The van der Waals surface area contributed by atoms with Crippen molar-refractivity contribution in [2.75, 3.05) is 18.2 Å². The number of aromatic nitrogens is 2. The molecule has 1 aliphatic carbocycles. The van der Waals surface area contributed by atoms with Gasteiger partial charge >= 0.3 is 5.97 Å². The topological polar surface area (TPSA) is 110 Å². The molecular formula is C22H22N4O3. The lowest BCUT2D eigenvalue weighted by Gasteiger charge is -2.29. The standard InChI is InChI=1S/C22H22N4O3/c1-22(21(28)29-2)11-15-18(16(27)12-22)20(25-14-6-4-3-5-7-14)19(26-15)13-8-9-24-17(23)10-13/h3-10,25-26H,11-12H2,1-2H3,(H2,23,24). The number of hydrogen-bond donors (Lipinski definition) is 3. The van der Waals surface area contributed by atoms with Gasteiger partial charge in [0.15, 0.2) is 5.78 Å². The number of aromatic amines is 1. The van der Waals surface area contributed by atoms with E-state index in [-0.39, 0.29) is 12.2 Å². The molecule has 7 nitrogen and oxygen atoms in total. The number of rotatable bonds is 4. The molecular weight excluding hydrogens is 368 g/mol. The number of pyridine rings is 1. The predicted molar refractivity (Wildman–Crippen MR) is 111 cm³/mol. The van der Waals surface area contributed by atoms with Crippen LogP contribution in [0.15, 0.2) is 48.7 Å². The fourth-order valence-electron chi connectivity index (χ4n) is 3.89. The van der Waals surface area contributed by atoms with Crippen molar-refractivity contribution in [1.29, 1.82) is 0 Å². The van der Waals surface area contributed by atoms with Crippen LogP contribution in [0.4, 0.5) is 17.2 Å². The number of benzene rings is 1. The maximum absolute atomic E-state index is 13.1. The number of H-pyrrole nitrogens is 1. The van der Waals surface area contributed by atoms with Crippen LogP contribution < -0.4 is 11.1 Å². The largest absolute Gasteiger partial charge is 0.469 e. The summed E-state index contributed by atoms with van der Waals surface area (Å²) in [6, 6.07) is 13.2. The molecule has 4 N–H and O–H groups in total. The highest BCUT2D eigenvalue weighted by atomic mass is 16.5. The van der Waals surface area contributed by atoms with Crippen LogP contribution >= 0.6 is 0 Å².